The van der Waals surface area contributed by atoms with Crippen molar-refractivity contribution in [2.24, 2.45) is 0 Å². The van der Waals surface area contributed by atoms with Crippen LogP contribution in [0.25, 0.3) is 22.4 Å². The summed E-state index contributed by atoms with van der Waals surface area (Å²) in [6.45, 7) is 7.64. The van der Waals surface area contributed by atoms with Gasteiger partial charge in [-0.1, -0.05) is 11.2 Å². The number of benzene rings is 1. The third-order valence-electron chi connectivity index (χ3n) is 6.30. The lowest BCUT2D eigenvalue weighted by Crippen LogP contribution is -2.50. The summed E-state index contributed by atoms with van der Waals surface area (Å²) in [5, 5.41) is 7.33. The van der Waals surface area contributed by atoms with Crippen molar-refractivity contribution in [3.63, 3.8) is 0 Å². The van der Waals surface area contributed by atoms with Gasteiger partial charge in [-0.05, 0) is 51.1 Å². The van der Waals surface area contributed by atoms with Crippen LogP contribution in [0.15, 0.2) is 45.3 Å². The van der Waals surface area contributed by atoms with Crippen molar-refractivity contribution in [3.05, 3.63) is 65.0 Å². The minimum atomic E-state index is -0.408. The second-order valence-corrected chi connectivity index (χ2v) is 8.96. The number of anilines is 1. The van der Waals surface area contributed by atoms with Crippen LogP contribution in [0, 0.1) is 26.6 Å². The van der Waals surface area contributed by atoms with Crippen molar-refractivity contribution in [2.45, 2.75) is 20.8 Å². The molecule has 1 aliphatic heterocycles. The van der Waals surface area contributed by atoms with Crippen LogP contribution >= 0.6 is 0 Å². The number of furan rings is 1. The number of halogens is 1. The Balaban J connectivity index is 1.30. The average Bonchev–Trinajstić information content (AvgIpc) is 3.39. The quantitative estimate of drug-likeness (QED) is 0.451. The highest BCUT2D eigenvalue weighted by atomic mass is 19.1. The molecule has 0 spiro atoms. The Bertz CT molecular complexity index is 1450. The van der Waals surface area contributed by atoms with Crippen molar-refractivity contribution >= 4 is 28.6 Å². The lowest BCUT2D eigenvalue weighted by atomic mass is 10.0. The summed E-state index contributed by atoms with van der Waals surface area (Å²) in [4.78, 5) is 34.3. The van der Waals surface area contributed by atoms with Gasteiger partial charge < -0.3 is 19.2 Å². The van der Waals surface area contributed by atoms with E-state index in [1.807, 2.05) is 24.8 Å². The predicted octanol–water partition coefficient (Wildman–Crippen LogP) is 3.94. The fourth-order valence-electron chi connectivity index (χ4n) is 4.54. The van der Waals surface area contributed by atoms with E-state index in [0.717, 1.165) is 11.3 Å². The molecule has 9 nitrogen and oxygen atoms in total. The SMILES string of the molecule is Cc1cc(-c2cc(C(=O)N3CCN(CC(=O)Nc4cccc(F)c4)CC3)c3c(C)noc3n2)c(C)o1. The van der Waals surface area contributed by atoms with Crippen LogP contribution < -0.4 is 5.32 Å². The molecule has 186 valence electrons. The number of fused-ring (bicyclic) bond motifs is 1. The molecule has 0 saturated carbocycles. The van der Waals surface area contributed by atoms with Gasteiger partial charge in [0.2, 0.25) is 5.91 Å². The van der Waals surface area contributed by atoms with E-state index in [2.05, 4.69) is 15.5 Å². The summed E-state index contributed by atoms with van der Waals surface area (Å²) >= 11 is 0. The highest BCUT2D eigenvalue weighted by molar-refractivity contribution is 6.07. The Morgan fingerprint density at radius 3 is 2.56 bits per heavy atom. The number of rotatable bonds is 5. The maximum atomic E-state index is 13.6. The number of aromatic nitrogens is 2. The lowest BCUT2D eigenvalue weighted by Gasteiger charge is -2.34. The molecular weight excluding hydrogens is 465 g/mol. The third kappa shape index (κ3) is 4.72. The number of carbonyl (C=O) groups is 2. The number of nitrogens with one attached hydrogen (secondary N) is 1. The molecule has 0 aliphatic carbocycles. The Morgan fingerprint density at radius 1 is 1.08 bits per heavy atom. The fraction of sp³-hybridized carbons (Fsp3) is 0.308. The number of pyridine rings is 1. The molecule has 1 aliphatic rings. The van der Waals surface area contributed by atoms with Crippen LogP contribution in [0.1, 0.15) is 27.6 Å². The second-order valence-electron chi connectivity index (χ2n) is 8.96. The Labute approximate surface area is 206 Å². The smallest absolute Gasteiger partial charge is 0.259 e. The van der Waals surface area contributed by atoms with Crippen LogP contribution in [-0.4, -0.2) is 64.5 Å². The van der Waals surface area contributed by atoms with E-state index in [1.165, 1.54) is 12.1 Å². The zero-order valence-electron chi connectivity index (χ0n) is 20.3. The standard InChI is InChI=1S/C26H26FN5O4/c1-15-11-20(17(3)35-15)22-13-21(24-16(2)30-36-25(24)29-22)26(34)32-9-7-31(8-10-32)14-23(33)28-19-6-4-5-18(27)12-19/h4-6,11-13H,7-10,14H2,1-3H3,(H,28,33). The molecule has 10 heteroatoms. The van der Waals surface area contributed by atoms with Gasteiger partial charge in [0.05, 0.1) is 28.9 Å². The number of amides is 2. The van der Waals surface area contributed by atoms with Gasteiger partial charge in [0.1, 0.15) is 17.3 Å². The maximum absolute atomic E-state index is 13.6. The molecule has 4 aromatic rings. The van der Waals surface area contributed by atoms with Crippen LogP contribution in [0.3, 0.4) is 0 Å². The molecule has 0 radical (unpaired) electrons. The summed E-state index contributed by atoms with van der Waals surface area (Å²) in [6, 6.07) is 9.43. The van der Waals surface area contributed by atoms with E-state index in [0.29, 0.717) is 65.7 Å². The van der Waals surface area contributed by atoms with E-state index in [9.17, 15) is 14.0 Å². The molecule has 0 atom stereocenters. The largest absolute Gasteiger partial charge is 0.466 e. The Hall–Kier alpha value is -4.05. The van der Waals surface area contributed by atoms with Gasteiger partial charge in [-0.3, -0.25) is 14.5 Å². The molecule has 0 bridgehead atoms. The molecular formula is C26H26FN5O4. The van der Waals surface area contributed by atoms with E-state index in [-0.39, 0.29) is 18.4 Å². The van der Waals surface area contributed by atoms with Crippen molar-refractivity contribution in [2.75, 3.05) is 38.0 Å². The monoisotopic (exact) mass is 491 g/mol. The van der Waals surface area contributed by atoms with E-state index in [1.54, 1.807) is 30.0 Å². The van der Waals surface area contributed by atoms with Crippen molar-refractivity contribution in [3.8, 4) is 11.3 Å². The number of piperazine rings is 1. The van der Waals surface area contributed by atoms with Gasteiger partial charge in [0, 0.05) is 37.4 Å². The first kappa shape index (κ1) is 23.7. The highest BCUT2D eigenvalue weighted by Crippen LogP contribution is 2.31. The molecule has 3 aromatic heterocycles. The summed E-state index contributed by atoms with van der Waals surface area (Å²) < 4.78 is 24.4. The van der Waals surface area contributed by atoms with E-state index >= 15 is 0 Å². The number of hydrogen-bond acceptors (Lipinski definition) is 7. The predicted molar refractivity (Wildman–Crippen MR) is 131 cm³/mol. The Kier molecular flexibility index (Phi) is 6.27. The van der Waals surface area contributed by atoms with Crippen LogP contribution in [0.4, 0.5) is 10.1 Å². The molecule has 2 amide bonds. The normalized spacial score (nSPS) is 14.4. The van der Waals surface area contributed by atoms with E-state index in [4.69, 9.17) is 8.94 Å². The zero-order chi connectivity index (χ0) is 25.4. The van der Waals surface area contributed by atoms with Crippen LogP contribution in [-0.2, 0) is 4.79 Å². The first-order valence-corrected chi connectivity index (χ1v) is 11.7. The highest BCUT2D eigenvalue weighted by Gasteiger charge is 2.27. The number of carbonyl (C=O) groups excluding carboxylic acids is 2. The molecule has 1 aromatic carbocycles. The first-order valence-electron chi connectivity index (χ1n) is 11.7. The number of aryl methyl sites for hydroxylation is 3. The lowest BCUT2D eigenvalue weighted by molar-refractivity contribution is -0.117. The van der Waals surface area contributed by atoms with Gasteiger partial charge >= 0.3 is 0 Å². The summed E-state index contributed by atoms with van der Waals surface area (Å²) in [7, 11) is 0. The number of nitrogens with zero attached hydrogens (tertiary/aromatic N) is 4. The topological polar surface area (TPSA) is 105 Å². The molecule has 4 heterocycles. The summed E-state index contributed by atoms with van der Waals surface area (Å²) in [5.41, 5.74) is 3.18. The van der Waals surface area contributed by atoms with Crippen molar-refractivity contribution < 1.29 is 22.9 Å². The third-order valence-corrected chi connectivity index (χ3v) is 6.30. The molecule has 1 N–H and O–H groups in total. The van der Waals surface area contributed by atoms with Gasteiger partial charge in [0.25, 0.3) is 11.6 Å². The summed E-state index contributed by atoms with van der Waals surface area (Å²) in [5.74, 6) is 0.681. The Morgan fingerprint density at radius 2 is 1.86 bits per heavy atom. The molecule has 1 saturated heterocycles. The van der Waals surface area contributed by atoms with Crippen molar-refractivity contribution in [1.82, 2.24) is 19.9 Å². The minimum Gasteiger partial charge on any atom is -0.466 e. The van der Waals surface area contributed by atoms with Crippen LogP contribution in [0.2, 0.25) is 0 Å². The van der Waals surface area contributed by atoms with Gasteiger partial charge in [-0.25, -0.2) is 9.37 Å². The van der Waals surface area contributed by atoms with Crippen LogP contribution in [0.5, 0.6) is 0 Å². The van der Waals surface area contributed by atoms with Gasteiger partial charge in [-0.2, -0.15) is 0 Å². The van der Waals surface area contributed by atoms with E-state index < -0.39 is 5.82 Å². The molecule has 0 unspecified atom stereocenters. The van der Waals surface area contributed by atoms with Crippen molar-refractivity contribution in [1.29, 1.82) is 0 Å². The molecule has 36 heavy (non-hydrogen) atoms. The molecule has 1 fully saturated rings. The van der Waals surface area contributed by atoms with Gasteiger partial charge in [0.15, 0.2) is 0 Å². The average molecular weight is 492 g/mol. The first-order chi connectivity index (χ1) is 17.3. The number of hydrogen-bond donors (Lipinski definition) is 1. The summed E-state index contributed by atoms with van der Waals surface area (Å²) in [6.07, 6.45) is 0. The second kappa shape index (κ2) is 9.54. The maximum Gasteiger partial charge on any atom is 0.259 e. The molecule has 5 rings (SSSR count). The fourth-order valence-corrected chi connectivity index (χ4v) is 4.54. The van der Waals surface area contributed by atoms with Gasteiger partial charge in [-0.15, -0.1) is 0 Å². The minimum absolute atomic E-state index is 0.142. The zero-order valence-corrected chi connectivity index (χ0v) is 20.3.